The SMILES string of the molecule is CCNC(=NCCCN1CCCCCC1=O)NC1CC1c1ccccc1.I. The van der Waals surface area contributed by atoms with Gasteiger partial charge in [0.25, 0.3) is 0 Å². The molecule has 1 saturated carbocycles. The van der Waals surface area contributed by atoms with Crippen molar-refractivity contribution < 1.29 is 4.79 Å². The molecule has 1 heterocycles. The van der Waals surface area contributed by atoms with E-state index in [-0.39, 0.29) is 24.0 Å². The summed E-state index contributed by atoms with van der Waals surface area (Å²) in [5.41, 5.74) is 1.40. The molecule has 0 aromatic heterocycles. The highest BCUT2D eigenvalue weighted by Gasteiger charge is 2.38. The van der Waals surface area contributed by atoms with Crippen LogP contribution in [0.15, 0.2) is 35.3 Å². The number of guanidine groups is 1. The minimum atomic E-state index is 0. The molecule has 2 unspecified atom stereocenters. The third-order valence-electron chi connectivity index (χ3n) is 5.21. The second-order valence-corrected chi connectivity index (χ2v) is 7.31. The van der Waals surface area contributed by atoms with Crippen molar-refractivity contribution in [2.45, 2.75) is 57.4 Å². The lowest BCUT2D eigenvalue weighted by atomic mass is 10.1. The number of aliphatic imine (C=N–C) groups is 1. The van der Waals surface area contributed by atoms with Crippen LogP contribution in [0.2, 0.25) is 0 Å². The monoisotopic (exact) mass is 484 g/mol. The molecule has 150 valence electrons. The van der Waals surface area contributed by atoms with Crippen LogP contribution in [0.1, 0.15) is 56.9 Å². The molecule has 1 aromatic carbocycles. The van der Waals surface area contributed by atoms with E-state index in [1.54, 1.807) is 0 Å². The van der Waals surface area contributed by atoms with Crippen molar-refractivity contribution in [3.05, 3.63) is 35.9 Å². The molecule has 2 N–H and O–H groups in total. The molecule has 27 heavy (non-hydrogen) atoms. The van der Waals surface area contributed by atoms with E-state index in [0.717, 1.165) is 64.2 Å². The first-order valence-electron chi connectivity index (χ1n) is 10.2. The van der Waals surface area contributed by atoms with Crippen LogP contribution in [-0.2, 0) is 4.79 Å². The minimum Gasteiger partial charge on any atom is -0.357 e. The average molecular weight is 484 g/mol. The summed E-state index contributed by atoms with van der Waals surface area (Å²) in [4.78, 5) is 18.8. The number of rotatable bonds is 7. The molecule has 2 atom stereocenters. The summed E-state index contributed by atoms with van der Waals surface area (Å²) >= 11 is 0. The van der Waals surface area contributed by atoms with Gasteiger partial charge in [0.1, 0.15) is 0 Å². The van der Waals surface area contributed by atoms with E-state index >= 15 is 0 Å². The van der Waals surface area contributed by atoms with Crippen LogP contribution in [-0.4, -0.2) is 49.0 Å². The third kappa shape index (κ3) is 6.97. The number of hydrogen-bond acceptors (Lipinski definition) is 2. The van der Waals surface area contributed by atoms with Gasteiger partial charge in [-0.3, -0.25) is 9.79 Å². The maximum Gasteiger partial charge on any atom is 0.222 e. The van der Waals surface area contributed by atoms with Gasteiger partial charge in [0.2, 0.25) is 5.91 Å². The van der Waals surface area contributed by atoms with Crippen molar-refractivity contribution >= 4 is 35.8 Å². The molecule has 2 aliphatic rings. The number of amides is 1. The van der Waals surface area contributed by atoms with Crippen LogP contribution in [0.5, 0.6) is 0 Å². The zero-order valence-corrected chi connectivity index (χ0v) is 18.7. The molecule has 6 heteroatoms. The molecule has 3 rings (SSSR count). The lowest BCUT2D eigenvalue weighted by molar-refractivity contribution is -0.130. The molecule has 1 aromatic rings. The van der Waals surface area contributed by atoms with E-state index in [1.165, 1.54) is 12.0 Å². The Balaban J connectivity index is 0.00000261. The number of carbonyl (C=O) groups excluding carboxylic acids is 1. The smallest absolute Gasteiger partial charge is 0.222 e. The fourth-order valence-electron chi connectivity index (χ4n) is 3.65. The van der Waals surface area contributed by atoms with Gasteiger partial charge in [-0.1, -0.05) is 36.8 Å². The zero-order valence-electron chi connectivity index (χ0n) is 16.3. The van der Waals surface area contributed by atoms with Crippen LogP contribution < -0.4 is 10.6 Å². The predicted molar refractivity (Wildman–Crippen MR) is 122 cm³/mol. The Kier molecular flexibility index (Phi) is 9.38. The van der Waals surface area contributed by atoms with E-state index in [0.29, 0.717) is 17.9 Å². The number of nitrogens with one attached hydrogen (secondary N) is 2. The second kappa shape index (κ2) is 11.5. The Labute approximate surface area is 180 Å². The number of hydrogen-bond donors (Lipinski definition) is 2. The van der Waals surface area contributed by atoms with Gasteiger partial charge in [-0.25, -0.2) is 0 Å². The van der Waals surface area contributed by atoms with Crippen LogP contribution in [0.4, 0.5) is 0 Å². The largest absolute Gasteiger partial charge is 0.357 e. The van der Waals surface area contributed by atoms with E-state index in [9.17, 15) is 4.79 Å². The van der Waals surface area contributed by atoms with Crippen LogP contribution in [0.3, 0.4) is 0 Å². The van der Waals surface area contributed by atoms with E-state index < -0.39 is 0 Å². The van der Waals surface area contributed by atoms with Crippen molar-refractivity contribution in [2.24, 2.45) is 4.99 Å². The highest BCUT2D eigenvalue weighted by molar-refractivity contribution is 14.0. The zero-order chi connectivity index (χ0) is 18.2. The summed E-state index contributed by atoms with van der Waals surface area (Å²) in [6.45, 7) is 5.45. The van der Waals surface area contributed by atoms with Gasteiger partial charge < -0.3 is 15.5 Å². The van der Waals surface area contributed by atoms with Crippen LogP contribution >= 0.6 is 24.0 Å². The summed E-state index contributed by atoms with van der Waals surface area (Å²) in [5, 5.41) is 6.90. The first-order chi connectivity index (χ1) is 12.8. The quantitative estimate of drug-likeness (QED) is 0.270. The summed E-state index contributed by atoms with van der Waals surface area (Å²) in [7, 11) is 0. The summed E-state index contributed by atoms with van der Waals surface area (Å²) in [5.74, 6) is 1.81. The number of likely N-dealkylation sites (tertiary alicyclic amines) is 1. The van der Waals surface area contributed by atoms with Gasteiger partial charge in [0.15, 0.2) is 5.96 Å². The normalized spacial score (nSPS) is 22.6. The third-order valence-corrected chi connectivity index (χ3v) is 5.21. The molecule has 1 aliphatic heterocycles. The molecule has 2 fully saturated rings. The molecule has 1 aliphatic carbocycles. The van der Waals surface area contributed by atoms with Crippen molar-refractivity contribution in [3.63, 3.8) is 0 Å². The van der Waals surface area contributed by atoms with Crippen molar-refractivity contribution in [2.75, 3.05) is 26.2 Å². The maximum atomic E-state index is 12.0. The molecule has 5 nitrogen and oxygen atoms in total. The van der Waals surface area contributed by atoms with Gasteiger partial charge in [0.05, 0.1) is 0 Å². The van der Waals surface area contributed by atoms with E-state index in [2.05, 4.69) is 47.9 Å². The molecule has 0 radical (unpaired) electrons. The standard InChI is InChI=1S/C21H32N4O.HI/c1-2-22-21(24-19-16-18(19)17-10-5-3-6-11-17)23-13-9-15-25-14-8-4-7-12-20(25)26;/h3,5-6,10-11,18-19H,2,4,7-9,12-16H2,1H3,(H2,22,23,24);1H. The molecule has 1 saturated heterocycles. The highest BCUT2D eigenvalue weighted by atomic mass is 127. The summed E-state index contributed by atoms with van der Waals surface area (Å²) in [6.07, 6.45) is 6.17. The van der Waals surface area contributed by atoms with Crippen molar-refractivity contribution in [1.82, 2.24) is 15.5 Å². The number of nitrogens with zero attached hydrogens (tertiary/aromatic N) is 2. The maximum absolute atomic E-state index is 12.0. The Morgan fingerprint density at radius 2 is 2.04 bits per heavy atom. The molecular weight excluding hydrogens is 451 g/mol. The lowest BCUT2D eigenvalue weighted by Crippen LogP contribution is -2.39. The minimum absolute atomic E-state index is 0. The number of carbonyl (C=O) groups is 1. The van der Waals surface area contributed by atoms with E-state index in [1.807, 2.05) is 4.90 Å². The van der Waals surface area contributed by atoms with Crippen molar-refractivity contribution in [1.29, 1.82) is 0 Å². The Morgan fingerprint density at radius 3 is 2.81 bits per heavy atom. The van der Waals surface area contributed by atoms with Gasteiger partial charge in [-0.2, -0.15) is 0 Å². The molecule has 1 amide bonds. The van der Waals surface area contributed by atoms with Crippen LogP contribution in [0.25, 0.3) is 0 Å². The first kappa shape index (κ1) is 22.0. The van der Waals surface area contributed by atoms with Gasteiger partial charge >= 0.3 is 0 Å². The van der Waals surface area contributed by atoms with E-state index in [4.69, 9.17) is 4.99 Å². The molecule has 0 spiro atoms. The highest BCUT2D eigenvalue weighted by Crippen LogP contribution is 2.40. The fraction of sp³-hybridized carbons (Fsp3) is 0.619. The number of halogens is 1. The summed E-state index contributed by atoms with van der Waals surface area (Å²) in [6, 6.07) is 11.2. The Bertz CT molecular complexity index is 607. The van der Waals surface area contributed by atoms with Crippen molar-refractivity contribution in [3.8, 4) is 0 Å². The van der Waals surface area contributed by atoms with Gasteiger partial charge in [0, 0.05) is 44.6 Å². The number of benzene rings is 1. The topological polar surface area (TPSA) is 56.7 Å². The van der Waals surface area contributed by atoms with Crippen LogP contribution in [0, 0.1) is 0 Å². The Morgan fingerprint density at radius 1 is 1.22 bits per heavy atom. The second-order valence-electron chi connectivity index (χ2n) is 7.31. The first-order valence-corrected chi connectivity index (χ1v) is 10.2. The molecule has 0 bridgehead atoms. The summed E-state index contributed by atoms with van der Waals surface area (Å²) < 4.78 is 0. The fourth-order valence-corrected chi connectivity index (χ4v) is 3.65. The molecular formula is C21H33IN4O. The van der Waals surface area contributed by atoms with Gasteiger partial charge in [-0.15, -0.1) is 24.0 Å². The van der Waals surface area contributed by atoms with Gasteiger partial charge in [-0.05, 0) is 38.2 Å². The Hall–Kier alpha value is -1.31. The predicted octanol–water partition coefficient (Wildman–Crippen LogP) is 3.51. The lowest BCUT2D eigenvalue weighted by Gasteiger charge is -2.20. The average Bonchev–Trinajstić information content (AvgIpc) is 3.45.